The second-order valence-electron chi connectivity index (χ2n) is 5.03. The quantitative estimate of drug-likeness (QED) is 0.857. The molecule has 0 spiro atoms. The molecule has 2 aromatic rings. The second kappa shape index (κ2) is 7.69. The number of hydrogen-bond acceptors (Lipinski definition) is 2. The molecule has 0 aliphatic rings. The van der Waals surface area contributed by atoms with Gasteiger partial charge < -0.3 is 10.5 Å². The molecule has 4 heteroatoms. The second-order valence-corrected chi connectivity index (χ2v) is 5.82. The molecule has 2 rings (SSSR count). The summed E-state index contributed by atoms with van der Waals surface area (Å²) in [6.07, 6.45) is 1.65. The predicted octanol–water partition coefficient (Wildman–Crippen LogP) is 4.36. The lowest BCUT2D eigenvalue weighted by Crippen LogP contribution is -2.20. The van der Waals surface area contributed by atoms with Crippen LogP contribution >= 0.6 is 23.2 Å². The highest BCUT2D eigenvalue weighted by Gasteiger charge is 2.14. The van der Waals surface area contributed by atoms with Gasteiger partial charge >= 0.3 is 0 Å². The number of benzene rings is 2. The van der Waals surface area contributed by atoms with E-state index >= 15 is 0 Å². The van der Waals surface area contributed by atoms with Crippen LogP contribution in [0.3, 0.4) is 0 Å². The lowest BCUT2D eigenvalue weighted by atomic mass is 9.92. The van der Waals surface area contributed by atoms with Gasteiger partial charge in [0.05, 0.1) is 17.2 Å². The maximum atomic E-state index is 6.26. The van der Waals surface area contributed by atoms with Crippen LogP contribution in [0, 0.1) is 5.92 Å². The molecule has 0 radical (unpaired) electrons. The zero-order valence-corrected chi connectivity index (χ0v) is 13.5. The topological polar surface area (TPSA) is 35.2 Å². The summed E-state index contributed by atoms with van der Waals surface area (Å²) in [5.41, 5.74) is 8.13. The lowest BCUT2D eigenvalue weighted by Gasteiger charge is -2.17. The predicted molar refractivity (Wildman–Crippen MR) is 89.4 cm³/mol. The van der Waals surface area contributed by atoms with Crippen LogP contribution in [0.15, 0.2) is 42.5 Å². The third-order valence-corrected chi connectivity index (χ3v) is 4.43. The highest BCUT2D eigenvalue weighted by molar-refractivity contribution is 6.42. The van der Waals surface area contributed by atoms with Gasteiger partial charge in [0, 0.05) is 0 Å². The minimum Gasteiger partial charge on any atom is -0.496 e. The van der Waals surface area contributed by atoms with Gasteiger partial charge in [-0.25, -0.2) is 0 Å². The van der Waals surface area contributed by atoms with Crippen LogP contribution in [0.25, 0.3) is 0 Å². The molecule has 2 nitrogen and oxygen atoms in total. The zero-order chi connectivity index (χ0) is 15.2. The van der Waals surface area contributed by atoms with E-state index in [2.05, 4.69) is 6.07 Å². The highest BCUT2D eigenvalue weighted by atomic mass is 35.5. The van der Waals surface area contributed by atoms with Gasteiger partial charge in [-0.3, -0.25) is 0 Å². The van der Waals surface area contributed by atoms with Crippen molar-refractivity contribution >= 4 is 23.2 Å². The van der Waals surface area contributed by atoms with Crippen molar-refractivity contribution in [2.75, 3.05) is 13.7 Å². The Morgan fingerprint density at radius 2 is 1.67 bits per heavy atom. The monoisotopic (exact) mass is 323 g/mol. The molecule has 0 heterocycles. The molecule has 0 saturated carbocycles. The van der Waals surface area contributed by atoms with E-state index < -0.39 is 0 Å². The van der Waals surface area contributed by atoms with E-state index in [1.54, 1.807) is 13.2 Å². The molecule has 0 saturated heterocycles. The Balaban J connectivity index is 2.15. The maximum Gasteiger partial charge on any atom is 0.122 e. The molecular formula is C17H19Cl2NO. The smallest absolute Gasteiger partial charge is 0.122 e. The fourth-order valence-electron chi connectivity index (χ4n) is 2.44. The largest absolute Gasteiger partial charge is 0.496 e. The van der Waals surface area contributed by atoms with Crippen molar-refractivity contribution in [2.24, 2.45) is 11.7 Å². The summed E-state index contributed by atoms with van der Waals surface area (Å²) in [5, 5.41) is 1.21. The standard InChI is InChI=1S/C17H19Cl2NO/c1-21-16-8-3-2-5-13(16)9-12(11-20)10-14-6-4-7-15(18)17(14)19/h2-8,12H,9-11,20H2,1H3. The van der Waals surface area contributed by atoms with Gasteiger partial charge in [0.1, 0.15) is 5.75 Å². The average molecular weight is 324 g/mol. The van der Waals surface area contributed by atoms with Crippen molar-refractivity contribution in [2.45, 2.75) is 12.8 Å². The minimum atomic E-state index is 0.289. The third-order valence-electron chi connectivity index (χ3n) is 3.57. The zero-order valence-electron chi connectivity index (χ0n) is 12.0. The summed E-state index contributed by atoms with van der Waals surface area (Å²) in [5.74, 6) is 1.19. The number of rotatable bonds is 6. The van der Waals surface area contributed by atoms with Crippen LogP contribution in [0.4, 0.5) is 0 Å². The molecule has 2 aromatic carbocycles. The van der Waals surface area contributed by atoms with Crippen molar-refractivity contribution in [1.29, 1.82) is 0 Å². The van der Waals surface area contributed by atoms with E-state index in [4.69, 9.17) is 33.7 Å². The van der Waals surface area contributed by atoms with E-state index in [0.29, 0.717) is 16.6 Å². The molecular weight excluding hydrogens is 305 g/mol. The summed E-state index contributed by atoms with van der Waals surface area (Å²) < 4.78 is 5.40. The van der Waals surface area contributed by atoms with E-state index in [1.807, 2.05) is 30.3 Å². The number of hydrogen-bond donors (Lipinski definition) is 1. The number of nitrogens with two attached hydrogens (primary N) is 1. The fraction of sp³-hybridized carbons (Fsp3) is 0.294. The molecule has 0 fully saturated rings. The minimum absolute atomic E-state index is 0.289. The Hall–Kier alpha value is -1.22. The Morgan fingerprint density at radius 1 is 1.00 bits per heavy atom. The fourth-order valence-corrected chi connectivity index (χ4v) is 2.84. The van der Waals surface area contributed by atoms with Crippen molar-refractivity contribution in [1.82, 2.24) is 0 Å². The first-order valence-electron chi connectivity index (χ1n) is 6.90. The van der Waals surface area contributed by atoms with E-state index in [-0.39, 0.29) is 5.92 Å². The summed E-state index contributed by atoms with van der Waals surface area (Å²) in [7, 11) is 1.68. The number of halogens is 2. The van der Waals surface area contributed by atoms with Crippen LogP contribution in [0.5, 0.6) is 5.75 Å². The Kier molecular flexibility index (Phi) is 5.92. The molecule has 1 atom stereocenters. The van der Waals surface area contributed by atoms with Crippen LogP contribution in [-0.4, -0.2) is 13.7 Å². The SMILES string of the molecule is COc1ccccc1CC(CN)Cc1cccc(Cl)c1Cl. The molecule has 0 bridgehead atoms. The molecule has 2 N–H and O–H groups in total. The Labute approximate surface area is 135 Å². The van der Waals surface area contributed by atoms with Crippen LogP contribution in [0.2, 0.25) is 10.0 Å². The van der Waals surface area contributed by atoms with Crippen LogP contribution in [-0.2, 0) is 12.8 Å². The van der Waals surface area contributed by atoms with Crippen molar-refractivity contribution in [3.8, 4) is 5.75 Å². The van der Waals surface area contributed by atoms with Crippen molar-refractivity contribution in [3.05, 3.63) is 63.6 Å². The molecule has 0 aromatic heterocycles. The summed E-state index contributed by atoms with van der Waals surface area (Å²) in [4.78, 5) is 0. The molecule has 112 valence electrons. The molecule has 0 amide bonds. The lowest BCUT2D eigenvalue weighted by molar-refractivity contribution is 0.404. The van der Waals surface area contributed by atoms with Gasteiger partial charge in [-0.2, -0.15) is 0 Å². The van der Waals surface area contributed by atoms with Crippen LogP contribution < -0.4 is 10.5 Å². The number of ether oxygens (including phenoxy) is 1. The summed E-state index contributed by atoms with van der Waals surface area (Å²) in [6, 6.07) is 13.7. The Bertz CT molecular complexity index is 601. The molecule has 0 aliphatic heterocycles. The van der Waals surface area contributed by atoms with Crippen molar-refractivity contribution in [3.63, 3.8) is 0 Å². The van der Waals surface area contributed by atoms with Gasteiger partial charge in [0.2, 0.25) is 0 Å². The number of methoxy groups -OCH3 is 1. The third kappa shape index (κ3) is 4.13. The van der Waals surface area contributed by atoms with E-state index in [9.17, 15) is 0 Å². The summed E-state index contributed by atoms with van der Waals surface area (Å²) >= 11 is 12.3. The van der Waals surface area contributed by atoms with Crippen molar-refractivity contribution < 1.29 is 4.74 Å². The van der Waals surface area contributed by atoms with Gasteiger partial charge in [-0.15, -0.1) is 0 Å². The molecule has 21 heavy (non-hydrogen) atoms. The van der Waals surface area contributed by atoms with Gasteiger partial charge in [0.25, 0.3) is 0 Å². The van der Waals surface area contributed by atoms with Crippen LogP contribution in [0.1, 0.15) is 11.1 Å². The number of para-hydroxylation sites is 1. The molecule has 0 aliphatic carbocycles. The van der Waals surface area contributed by atoms with Gasteiger partial charge in [-0.1, -0.05) is 53.5 Å². The first-order chi connectivity index (χ1) is 10.2. The maximum absolute atomic E-state index is 6.26. The Morgan fingerprint density at radius 3 is 2.38 bits per heavy atom. The first-order valence-corrected chi connectivity index (χ1v) is 7.66. The average Bonchev–Trinajstić information content (AvgIpc) is 2.51. The van der Waals surface area contributed by atoms with E-state index in [1.165, 1.54) is 0 Å². The highest BCUT2D eigenvalue weighted by Crippen LogP contribution is 2.29. The van der Waals surface area contributed by atoms with E-state index in [0.717, 1.165) is 29.7 Å². The normalized spacial score (nSPS) is 12.2. The molecule has 1 unspecified atom stereocenters. The van der Waals surface area contributed by atoms with Gasteiger partial charge in [0.15, 0.2) is 0 Å². The van der Waals surface area contributed by atoms with Gasteiger partial charge in [-0.05, 0) is 48.6 Å². The summed E-state index contributed by atoms with van der Waals surface area (Å²) in [6.45, 7) is 0.584. The first kappa shape index (κ1) is 16.2.